The normalized spacial score (nSPS) is 18.8. The molecule has 2 rings (SSSR count). The molecule has 112 valence electrons. The first-order valence-electron chi connectivity index (χ1n) is 6.94. The molecule has 1 unspecified atom stereocenters. The van der Waals surface area contributed by atoms with Crippen molar-refractivity contribution in [3.8, 4) is 11.5 Å². The summed E-state index contributed by atoms with van der Waals surface area (Å²) in [6, 6.07) is 6.02. The molecular formula is C15H23NO4. The van der Waals surface area contributed by atoms with Gasteiger partial charge in [0, 0.05) is 6.54 Å². The first kappa shape index (κ1) is 15.1. The van der Waals surface area contributed by atoms with E-state index in [0.29, 0.717) is 6.79 Å². The van der Waals surface area contributed by atoms with Gasteiger partial charge in [-0.2, -0.15) is 0 Å². The number of rotatable bonds is 7. The van der Waals surface area contributed by atoms with E-state index in [9.17, 15) is 0 Å². The smallest absolute Gasteiger partial charge is 0.160 e. The summed E-state index contributed by atoms with van der Waals surface area (Å²) in [4.78, 5) is 0. The van der Waals surface area contributed by atoms with Gasteiger partial charge < -0.3 is 24.3 Å². The first-order valence-corrected chi connectivity index (χ1v) is 6.94. The lowest BCUT2D eigenvalue weighted by atomic mass is 10.1. The van der Waals surface area contributed by atoms with Gasteiger partial charge in [-0.25, -0.2) is 0 Å². The highest BCUT2D eigenvalue weighted by molar-refractivity contribution is 5.42. The summed E-state index contributed by atoms with van der Waals surface area (Å²) < 4.78 is 21.1. The Morgan fingerprint density at radius 1 is 1.25 bits per heavy atom. The van der Waals surface area contributed by atoms with Crippen molar-refractivity contribution >= 4 is 0 Å². The zero-order valence-corrected chi connectivity index (χ0v) is 12.2. The molecule has 1 fully saturated rings. The molecule has 5 nitrogen and oxygen atoms in total. The van der Waals surface area contributed by atoms with Crippen molar-refractivity contribution in [3.63, 3.8) is 0 Å². The molecule has 1 aliphatic rings. The fraction of sp³-hybridized carbons (Fsp3) is 0.600. The van der Waals surface area contributed by atoms with Crippen LogP contribution in [0.25, 0.3) is 0 Å². The summed E-state index contributed by atoms with van der Waals surface area (Å²) in [6.07, 6.45) is 2.18. The molecule has 1 atom stereocenters. The van der Waals surface area contributed by atoms with Gasteiger partial charge in [0.25, 0.3) is 0 Å². The average Bonchev–Trinajstić information content (AvgIpc) is 2.52. The van der Waals surface area contributed by atoms with E-state index in [0.717, 1.165) is 44.0 Å². The van der Waals surface area contributed by atoms with Crippen LogP contribution in [-0.4, -0.2) is 46.8 Å². The van der Waals surface area contributed by atoms with Crippen molar-refractivity contribution in [1.82, 2.24) is 5.32 Å². The molecule has 1 N–H and O–H groups in total. The highest BCUT2D eigenvalue weighted by Crippen LogP contribution is 2.27. The van der Waals surface area contributed by atoms with Crippen LogP contribution in [0, 0.1) is 0 Å². The van der Waals surface area contributed by atoms with Gasteiger partial charge in [-0.15, -0.1) is 0 Å². The highest BCUT2D eigenvalue weighted by atomic mass is 16.7. The van der Waals surface area contributed by atoms with Crippen molar-refractivity contribution in [3.05, 3.63) is 23.8 Å². The molecule has 0 saturated carbocycles. The quantitative estimate of drug-likeness (QED) is 0.769. The van der Waals surface area contributed by atoms with E-state index in [-0.39, 0.29) is 6.10 Å². The third-order valence-electron chi connectivity index (χ3n) is 3.38. The number of ether oxygens (including phenoxy) is 4. The summed E-state index contributed by atoms with van der Waals surface area (Å²) in [5.74, 6) is 1.54. The molecule has 1 saturated heterocycles. The van der Waals surface area contributed by atoms with E-state index < -0.39 is 0 Å². The largest absolute Gasteiger partial charge is 0.493 e. The molecule has 1 aliphatic heterocycles. The molecule has 1 aromatic rings. The average molecular weight is 281 g/mol. The molecule has 0 radical (unpaired) electrons. The fourth-order valence-electron chi connectivity index (χ4n) is 2.19. The maximum absolute atomic E-state index is 5.48. The Morgan fingerprint density at radius 2 is 2.10 bits per heavy atom. The van der Waals surface area contributed by atoms with Gasteiger partial charge in [0.15, 0.2) is 11.5 Å². The maximum Gasteiger partial charge on any atom is 0.160 e. The fourth-order valence-corrected chi connectivity index (χ4v) is 2.19. The summed E-state index contributed by atoms with van der Waals surface area (Å²) in [5, 5.41) is 3.42. The predicted octanol–water partition coefficient (Wildman–Crippen LogP) is 1.60. The lowest BCUT2D eigenvalue weighted by Crippen LogP contribution is -2.34. The van der Waals surface area contributed by atoms with Gasteiger partial charge in [0.2, 0.25) is 0 Å². The van der Waals surface area contributed by atoms with Crippen LogP contribution in [0.5, 0.6) is 11.5 Å². The number of hydrogen-bond acceptors (Lipinski definition) is 5. The van der Waals surface area contributed by atoms with Gasteiger partial charge in [-0.1, -0.05) is 6.07 Å². The van der Waals surface area contributed by atoms with Gasteiger partial charge in [-0.3, -0.25) is 0 Å². The van der Waals surface area contributed by atoms with Gasteiger partial charge in [0.1, 0.15) is 6.79 Å². The molecule has 0 aromatic heterocycles. The molecule has 20 heavy (non-hydrogen) atoms. The minimum absolute atomic E-state index is 0.272. The van der Waals surface area contributed by atoms with Crippen molar-refractivity contribution in [2.75, 3.05) is 40.7 Å². The van der Waals surface area contributed by atoms with Crippen LogP contribution in [0.15, 0.2) is 18.2 Å². The van der Waals surface area contributed by atoms with Gasteiger partial charge in [0.05, 0.1) is 26.9 Å². The number of nitrogens with one attached hydrogen (secondary N) is 1. The summed E-state index contributed by atoms with van der Waals surface area (Å²) >= 11 is 0. The molecule has 1 aromatic carbocycles. The number of benzene rings is 1. The van der Waals surface area contributed by atoms with Crippen LogP contribution < -0.4 is 14.8 Å². The molecule has 5 heteroatoms. The van der Waals surface area contributed by atoms with E-state index in [1.54, 1.807) is 14.2 Å². The number of methoxy groups -OCH3 is 2. The SMILES string of the molecule is COc1ccc(CCNCC2CCOCO2)cc1OC. The monoisotopic (exact) mass is 281 g/mol. The standard InChI is InChI=1S/C15H23NO4/c1-17-14-4-3-12(9-15(14)18-2)5-7-16-10-13-6-8-19-11-20-13/h3-4,9,13,16H,5-8,10-11H2,1-2H3. The summed E-state index contributed by atoms with van der Waals surface area (Å²) in [7, 11) is 3.30. The van der Waals surface area contributed by atoms with E-state index in [1.807, 2.05) is 12.1 Å². The summed E-state index contributed by atoms with van der Waals surface area (Å²) in [6.45, 7) is 3.00. The van der Waals surface area contributed by atoms with Crippen LogP contribution in [0.3, 0.4) is 0 Å². The summed E-state index contributed by atoms with van der Waals surface area (Å²) in [5.41, 5.74) is 1.23. The second kappa shape index (κ2) is 8.09. The Labute approximate surface area is 120 Å². The Hall–Kier alpha value is -1.30. The Balaban J connectivity index is 1.73. The Bertz CT molecular complexity index is 405. The molecule has 0 spiro atoms. The van der Waals surface area contributed by atoms with Crippen LogP contribution in [0.2, 0.25) is 0 Å². The van der Waals surface area contributed by atoms with E-state index in [4.69, 9.17) is 18.9 Å². The van der Waals surface area contributed by atoms with Crippen LogP contribution >= 0.6 is 0 Å². The van der Waals surface area contributed by atoms with Crippen molar-refractivity contribution in [2.24, 2.45) is 0 Å². The van der Waals surface area contributed by atoms with E-state index >= 15 is 0 Å². The molecule has 0 amide bonds. The lowest BCUT2D eigenvalue weighted by molar-refractivity contribution is -0.137. The second-order valence-electron chi connectivity index (χ2n) is 4.75. The van der Waals surface area contributed by atoms with Crippen LogP contribution in [-0.2, 0) is 15.9 Å². The van der Waals surface area contributed by atoms with Crippen molar-refractivity contribution < 1.29 is 18.9 Å². The van der Waals surface area contributed by atoms with E-state index in [2.05, 4.69) is 11.4 Å². The molecule has 1 heterocycles. The van der Waals surface area contributed by atoms with Crippen LogP contribution in [0.1, 0.15) is 12.0 Å². The molecule has 0 bridgehead atoms. The predicted molar refractivity (Wildman–Crippen MR) is 76.4 cm³/mol. The van der Waals surface area contributed by atoms with E-state index in [1.165, 1.54) is 5.56 Å². The van der Waals surface area contributed by atoms with Crippen molar-refractivity contribution in [2.45, 2.75) is 18.9 Å². The van der Waals surface area contributed by atoms with Gasteiger partial charge >= 0.3 is 0 Å². The third-order valence-corrected chi connectivity index (χ3v) is 3.38. The zero-order chi connectivity index (χ0) is 14.2. The maximum atomic E-state index is 5.48. The minimum Gasteiger partial charge on any atom is -0.493 e. The molecule has 0 aliphatic carbocycles. The Morgan fingerprint density at radius 3 is 2.80 bits per heavy atom. The number of hydrogen-bond donors (Lipinski definition) is 1. The van der Waals surface area contributed by atoms with Crippen LogP contribution in [0.4, 0.5) is 0 Å². The lowest BCUT2D eigenvalue weighted by Gasteiger charge is -2.23. The Kier molecular flexibility index (Phi) is 6.11. The zero-order valence-electron chi connectivity index (χ0n) is 12.2. The first-order chi connectivity index (χ1) is 9.83. The highest BCUT2D eigenvalue weighted by Gasteiger charge is 2.13. The van der Waals surface area contributed by atoms with Gasteiger partial charge in [-0.05, 0) is 37.1 Å². The minimum atomic E-state index is 0.272. The molecular weight excluding hydrogens is 258 g/mol. The topological polar surface area (TPSA) is 49.0 Å². The third kappa shape index (κ3) is 4.37. The van der Waals surface area contributed by atoms with Crippen molar-refractivity contribution in [1.29, 1.82) is 0 Å². The second-order valence-corrected chi connectivity index (χ2v) is 4.75.